The van der Waals surface area contributed by atoms with Crippen molar-refractivity contribution in [3.05, 3.63) is 50.6 Å². The molecular formula is C23H27N7O5S3. The van der Waals surface area contributed by atoms with Gasteiger partial charge in [-0.3, -0.25) is 14.5 Å². The van der Waals surface area contributed by atoms with Crippen LogP contribution in [0.1, 0.15) is 16.3 Å². The lowest BCUT2D eigenvalue weighted by Crippen LogP contribution is -2.71. The number of aryl methyl sites for hydroxylation is 1. The number of nitrogen functional groups attached to an aromatic ring is 1. The van der Waals surface area contributed by atoms with E-state index < -0.39 is 29.2 Å². The number of aromatic nitrogens is 2. The van der Waals surface area contributed by atoms with Crippen LogP contribution >= 0.6 is 34.4 Å². The maximum atomic E-state index is 13.0. The van der Waals surface area contributed by atoms with Crippen LogP contribution in [0.15, 0.2) is 39.5 Å². The summed E-state index contributed by atoms with van der Waals surface area (Å²) in [4.78, 5) is 53.4. The summed E-state index contributed by atoms with van der Waals surface area (Å²) in [5, 5.41) is 19.6. The summed E-state index contributed by atoms with van der Waals surface area (Å²) < 4.78 is 0.649. The van der Waals surface area contributed by atoms with Crippen LogP contribution in [0.2, 0.25) is 0 Å². The molecule has 2 atom stereocenters. The molecule has 0 unspecified atom stereocenters. The molecule has 3 N–H and O–H groups in total. The number of quaternary nitrogens is 1. The van der Waals surface area contributed by atoms with Gasteiger partial charge < -0.3 is 30.3 Å². The molecule has 0 radical (unpaired) electrons. The number of anilines is 1. The number of thiazole rings is 2. The Morgan fingerprint density at radius 1 is 1.39 bits per heavy atom. The zero-order valence-corrected chi connectivity index (χ0v) is 23.6. The lowest BCUT2D eigenvalue weighted by molar-refractivity contribution is -0.897. The highest BCUT2D eigenvalue weighted by Crippen LogP contribution is 2.40. The molecule has 0 aliphatic carbocycles. The summed E-state index contributed by atoms with van der Waals surface area (Å²) in [7, 11) is 5.44. The van der Waals surface area contributed by atoms with E-state index in [9.17, 15) is 19.5 Å². The first kappa shape index (κ1) is 27.8. The SMILES string of the molecule is CO/N=C(\C(=O)N[C@@H]1C(=O)N2C(C(=O)[O-])=C(/C=C/C[N+](C)(C)Cc3scnc3C)CS[C@@H]12)c1csc(N)n1. The number of hydrogen-bond donors (Lipinski definition) is 2. The van der Waals surface area contributed by atoms with Crippen molar-refractivity contribution in [2.24, 2.45) is 5.16 Å². The van der Waals surface area contributed by atoms with Crippen molar-refractivity contribution in [3.8, 4) is 0 Å². The molecule has 12 nitrogen and oxygen atoms in total. The second kappa shape index (κ2) is 11.2. The van der Waals surface area contributed by atoms with Gasteiger partial charge in [0.05, 0.1) is 48.4 Å². The Bertz CT molecular complexity index is 1350. The van der Waals surface area contributed by atoms with Crippen molar-refractivity contribution in [2.45, 2.75) is 24.9 Å². The molecule has 202 valence electrons. The zero-order valence-electron chi connectivity index (χ0n) is 21.2. The van der Waals surface area contributed by atoms with Gasteiger partial charge in [0.1, 0.15) is 30.8 Å². The minimum Gasteiger partial charge on any atom is -0.543 e. The number of oxime groups is 1. The Morgan fingerprint density at radius 3 is 2.76 bits per heavy atom. The molecule has 2 aromatic heterocycles. The number of carboxylic acid groups (broad SMARTS) is 1. The van der Waals surface area contributed by atoms with E-state index in [-0.39, 0.29) is 22.2 Å². The summed E-state index contributed by atoms with van der Waals surface area (Å²) in [6.07, 6.45) is 3.65. The van der Waals surface area contributed by atoms with E-state index in [0.29, 0.717) is 22.4 Å². The molecule has 0 saturated carbocycles. The number of rotatable bonds is 10. The number of hydrogen-bond acceptors (Lipinski definition) is 12. The van der Waals surface area contributed by atoms with Gasteiger partial charge in [-0.25, -0.2) is 9.97 Å². The van der Waals surface area contributed by atoms with Gasteiger partial charge in [0.15, 0.2) is 10.8 Å². The Morgan fingerprint density at radius 2 is 2.16 bits per heavy atom. The molecule has 2 amide bonds. The molecule has 0 bridgehead atoms. The lowest BCUT2D eigenvalue weighted by Gasteiger charge is -2.50. The van der Waals surface area contributed by atoms with Crippen LogP contribution in [-0.4, -0.2) is 87.8 Å². The van der Waals surface area contributed by atoms with E-state index in [1.54, 1.807) is 22.8 Å². The predicted octanol–water partition coefficient (Wildman–Crippen LogP) is 0.0774. The summed E-state index contributed by atoms with van der Waals surface area (Å²) in [6.45, 7) is 3.41. The molecule has 4 heterocycles. The van der Waals surface area contributed by atoms with Gasteiger partial charge in [-0.15, -0.1) is 34.4 Å². The maximum Gasteiger partial charge on any atom is 0.276 e. The van der Waals surface area contributed by atoms with E-state index in [4.69, 9.17) is 10.6 Å². The molecule has 2 aliphatic rings. The van der Waals surface area contributed by atoms with Gasteiger partial charge in [0.25, 0.3) is 11.8 Å². The minimum absolute atomic E-state index is 0.138. The number of aliphatic carboxylic acids is 1. The average molecular weight is 578 g/mol. The normalized spacial score (nSPS) is 19.9. The van der Waals surface area contributed by atoms with Crippen molar-refractivity contribution in [3.63, 3.8) is 0 Å². The molecular weight excluding hydrogens is 550 g/mol. The van der Waals surface area contributed by atoms with Gasteiger partial charge in [0, 0.05) is 11.1 Å². The number of likely N-dealkylation sites (N-methyl/N-ethyl adjacent to an activating group) is 1. The highest BCUT2D eigenvalue weighted by Gasteiger charge is 2.53. The molecule has 38 heavy (non-hydrogen) atoms. The van der Waals surface area contributed by atoms with Crippen molar-refractivity contribution < 1.29 is 28.8 Å². The second-order valence-corrected chi connectivity index (χ2v) is 12.2. The van der Waals surface area contributed by atoms with E-state index >= 15 is 0 Å². The maximum absolute atomic E-state index is 13.0. The van der Waals surface area contributed by atoms with Crippen LogP contribution in [0.3, 0.4) is 0 Å². The third-order valence-corrected chi connectivity index (χ3v) is 8.87. The van der Waals surface area contributed by atoms with E-state index in [0.717, 1.165) is 23.6 Å². The van der Waals surface area contributed by atoms with Gasteiger partial charge in [0.2, 0.25) is 0 Å². The van der Waals surface area contributed by atoms with Crippen LogP contribution in [0, 0.1) is 6.92 Å². The van der Waals surface area contributed by atoms with Crippen LogP contribution in [0.4, 0.5) is 5.13 Å². The van der Waals surface area contributed by atoms with Crippen LogP contribution in [0.5, 0.6) is 0 Å². The Hall–Kier alpha value is -3.27. The van der Waals surface area contributed by atoms with Gasteiger partial charge in [-0.2, -0.15) is 0 Å². The quantitative estimate of drug-likeness (QED) is 0.172. The van der Waals surface area contributed by atoms with Gasteiger partial charge in [-0.1, -0.05) is 11.2 Å². The number of carbonyl (C=O) groups is 3. The number of nitrogens with zero attached hydrogens (tertiary/aromatic N) is 5. The fraction of sp³-hybridized carbons (Fsp3) is 0.391. The Balaban J connectivity index is 1.46. The monoisotopic (exact) mass is 577 g/mol. The first-order chi connectivity index (χ1) is 18.0. The summed E-state index contributed by atoms with van der Waals surface area (Å²) >= 11 is 4.10. The fourth-order valence-electron chi connectivity index (χ4n) is 4.07. The van der Waals surface area contributed by atoms with Gasteiger partial charge in [-0.05, 0) is 18.6 Å². The van der Waals surface area contributed by atoms with Crippen molar-refractivity contribution >= 4 is 63.1 Å². The first-order valence-corrected chi connectivity index (χ1v) is 14.2. The summed E-state index contributed by atoms with van der Waals surface area (Å²) in [5.41, 5.74) is 8.87. The molecule has 2 aliphatic heterocycles. The molecule has 15 heteroatoms. The number of nitrogens with two attached hydrogens (primary N) is 1. The smallest absolute Gasteiger partial charge is 0.276 e. The highest BCUT2D eigenvalue weighted by atomic mass is 32.2. The molecule has 0 spiro atoms. The minimum atomic E-state index is -1.44. The first-order valence-electron chi connectivity index (χ1n) is 11.4. The van der Waals surface area contributed by atoms with E-state index in [2.05, 4.69) is 34.5 Å². The fourth-order valence-corrected chi connectivity index (χ4v) is 6.93. The highest BCUT2D eigenvalue weighted by molar-refractivity contribution is 8.00. The third-order valence-electron chi connectivity index (χ3n) is 5.98. The number of thioether (sulfide) groups is 1. The number of β-lactam (4-membered cyclic amide) rings is 1. The largest absolute Gasteiger partial charge is 0.543 e. The topological polar surface area (TPSA) is 163 Å². The van der Waals surface area contributed by atoms with Crippen LogP contribution < -0.4 is 16.2 Å². The number of fused-ring (bicyclic) bond motifs is 1. The number of carboxylic acids is 1. The van der Waals surface area contributed by atoms with E-state index in [1.807, 2.05) is 18.5 Å². The predicted molar refractivity (Wildman–Crippen MR) is 144 cm³/mol. The Kier molecular flexibility index (Phi) is 8.20. The van der Waals surface area contributed by atoms with Gasteiger partial charge >= 0.3 is 0 Å². The number of carbonyl (C=O) groups excluding carboxylic acids is 3. The number of amides is 2. The molecule has 0 aromatic carbocycles. The third kappa shape index (κ3) is 5.75. The second-order valence-electron chi connectivity index (χ2n) is 9.26. The van der Waals surface area contributed by atoms with Crippen molar-refractivity contribution in [2.75, 3.05) is 39.2 Å². The molecule has 1 fully saturated rings. The molecule has 1 saturated heterocycles. The number of nitrogens with one attached hydrogen (secondary N) is 1. The van der Waals surface area contributed by atoms with Crippen LogP contribution in [0.25, 0.3) is 0 Å². The van der Waals surface area contributed by atoms with Crippen molar-refractivity contribution in [1.29, 1.82) is 0 Å². The molecule has 2 aromatic rings. The average Bonchev–Trinajstić information content (AvgIpc) is 3.47. The Labute approximate surface area is 231 Å². The summed E-state index contributed by atoms with van der Waals surface area (Å²) in [6, 6.07) is -0.941. The summed E-state index contributed by atoms with van der Waals surface area (Å²) in [5.74, 6) is -2.34. The zero-order chi connectivity index (χ0) is 27.6. The number of allylic oxidation sites excluding steroid dienone is 1. The lowest BCUT2D eigenvalue weighted by atomic mass is 10.0. The van der Waals surface area contributed by atoms with E-state index in [1.165, 1.54) is 28.6 Å². The standard InChI is InChI=1S/C23H27N7O5S3/c1-12-15(38-11-25-12)8-30(2,3)7-5-6-13-9-36-21-17(20(32)29(21)18(13)22(33)34)27-19(31)16(28-35-4)14-10-37-23(24)26-14/h5-6,10-11,17,21H,7-9H2,1-4H3,(H3-,24,26,27,31,33,34)/b6-5+,28-16-/t17-,21+/m1/s1. The van der Waals surface area contributed by atoms with Crippen molar-refractivity contribution in [1.82, 2.24) is 20.2 Å². The van der Waals surface area contributed by atoms with Crippen LogP contribution in [-0.2, 0) is 25.8 Å². The molecule has 4 rings (SSSR count).